The Balaban J connectivity index is 2.48. The normalized spacial score (nSPS) is 18.0. The molecule has 0 aromatic carbocycles. The molecule has 0 aromatic heterocycles. The number of hydrogen-bond acceptors (Lipinski definition) is 5. The Morgan fingerprint density at radius 1 is 1.24 bits per heavy atom. The maximum Gasteiger partial charge on any atom is 0.191 e. The molecule has 0 aliphatic carbocycles. The summed E-state index contributed by atoms with van der Waals surface area (Å²) in [6.45, 7) is 15.6. The summed E-state index contributed by atoms with van der Waals surface area (Å²) in [7, 11) is 3.85. The molecule has 0 saturated carbocycles. The minimum Gasteiger partial charge on any atom is -0.383 e. The van der Waals surface area contributed by atoms with Crippen molar-refractivity contribution >= 4 is 5.96 Å². The third-order valence-electron chi connectivity index (χ3n) is 4.53. The Bertz CT molecular complexity index is 359. The van der Waals surface area contributed by atoms with Crippen LogP contribution >= 0.6 is 0 Å². The first-order valence-electron chi connectivity index (χ1n) is 9.59. The van der Waals surface area contributed by atoms with Crippen LogP contribution in [0.3, 0.4) is 0 Å². The fraction of sp³-hybridized carbons (Fsp3) is 0.944. The van der Waals surface area contributed by atoms with Gasteiger partial charge in [-0.1, -0.05) is 13.8 Å². The molecule has 7 nitrogen and oxygen atoms in total. The van der Waals surface area contributed by atoms with Crippen LogP contribution in [0, 0.1) is 5.92 Å². The number of morpholine rings is 1. The van der Waals surface area contributed by atoms with Crippen molar-refractivity contribution in [3.63, 3.8) is 0 Å². The molecule has 1 aliphatic heterocycles. The van der Waals surface area contributed by atoms with E-state index in [-0.39, 0.29) is 0 Å². The van der Waals surface area contributed by atoms with Gasteiger partial charge in [0.25, 0.3) is 0 Å². The molecule has 1 aliphatic rings. The van der Waals surface area contributed by atoms with Crippen LogP contribution in [0.1, 0.15) is 20.8 Å². The van der Waals surface area contributed by atoms with Crippen molar-refractivity contribution in [3.8, 4) is 0 Å². The van der Waals surface area contributed by atoms with E-state index in [0.29, 0.717) is 12.0 Å². The number of likely N-dealkylation sites (N-methyl/N-ethyl adjacent to an activating group) is 1. The molecule has 1 fully saturated rings. The lowest BCUT2D eigenvalue weighted by Gasteiger charge is -2.36. The van der Waals surface area contributed by atoms with Crippen molar-refractivity contribution in [2.45, 2.75) is 26.8 Å². The van der Waals surface area contributed by atoms with Gasteiger partial charge in [0.05, 0.1) is 26.4 Å². The molecular weight excluding hydrogens is 318 g/mol. The standard InChI is InChI=1S/C18H39N5O2/c1-6-19-18(20-7-8-22(4)9-12-24-5)21-15-17(16(2)3)23-10-13-25-14-11-23/h16-17H,6-15H2,1-5H3,(H2,19,20,21). The third-order valence-corrected chi connectivity index (χ3v) is 4.53. The van der Waals surface area contributed by atoms with Gasteiger partial charge in [-0.05, 0) is 19.9 Å². The van der Waals surface area contributed by atoms with Gasteiger partial charge < -0.3 is 25.0 Å². The van der Waals surface area contributed by atoms with E-state index in [1.165, 1.54) is 0 Å². The van der Waals surface area contributed by atoms with Crippen LogP contribution in [0.4, 0.5) is 0 Å². The Morgan fingerprint density at radius 2 is 1.96 bits per heavy atom. The summed E-state index contributed by atoms with van der Waals surface area (Å²) < 4.78 is 10.6. The zero-order valence-corrected chi connectivity index (χ0v) is 16.9. The van der Waals surface area contributed by atoms with Crippen molar-refractivity contribution in [3.05, 3.63) is 0 Å². The van der Waals surface area contributed by atoms with E-state index in [9.17, 15) is 0 Å². The highest BCUT2D eigenvalue weighted by molar-refractivity contribution is 5.79. The lowest BCUT2D eigenvalue weighted by Crippen LogP contribution is -2.48. The SMILES string of the molecule is CCNC(=NCC(C(C)C)N1CCOCC1)NCCN(C)CCOC. The van der Waals surface area contributed by atoms with Crippen LogP contribution in [-0.2, 0) is 9.47 Å². The van der Waals surface area contributed by atoms with Crippen LogP contribution < -0.4 is 10.6 Å². The highest BCUT2D eigenvalue weighted by Crippen LogP contribution is 2.13. The van der Waals surface area contributed by atoms with E-state index in [1.54, 1.807) is 7.11 Å². The highest BCUT2D eigenvalue weighted by atomic mass is 16.5. The zero-order chi connectivity index (χ0) is 18.5. The first kappa shape index (κ1) is 22.2. The molecule has 1 heterocycles. The van der Waals surface area contributed by atoms with Gasteiger partial charge in [0, 0.05) is 52.4 Å². The van der Waals surface area contributed by atoms with Gasteiger partial charge in [0.2, 0.25) is 0 Å². The predicted octanol–water partition coefficient (Wildman–Crippen LogP) is 0.477. The quantitative estimate of drug-likeness (QED) is 0.414. The molecule has 0 spiro atoms. The number of ether oxygens (including phenoxy) is 2. The van der Waals surface area contributed by atoms with E-state index >= 15 is 0 Å². The van der Waals surface area contributed by atoms with Crippen molar-refractivity contribution in [2.75, 3.05) is 79.8 Å². The lowest BCUT2D eigenvalue weighted by atomic mass is 10.0. The van der Waals surface area contributed by atoms with E-state index < -0.39 is 0 Å². The minimum absolute atomic E-state index is 0.462. The van der Waals surface area contributed by atoms with Crippen molar-refractivity contribution < 1.29 is 9.47 Å². The Kier molecular flexibility index (Phi) is 11.8. The number of methoxy groups -OCH3 is 1. The molecule has 25 heavy (non-hydrogen) atoms. The van der Waals surface area contributed by atoms with Gasteiger partial charge in [-0.2, -0.15) is 0 Å². The van der Waals surface area contributed by atoms with Crippen molar-refractivity contribution in [2.24, 2.45) is 10.9 Å². The Labute approximate surface area is 154 Å². The second kappa shape index (κ2) is 13.3. The second-order valence-electron chi connectivity index (χ2n) is 6.90. The molecule has 0 amide bonds. The largest absolute Gasteiger partial charge is 0.383 e. The summed E-state index contributed by atoms with van der Waals surface area (Å²) in [5.74, 6) is 1.48. The van der Waals surface area contributed by atoms with Crippen LogP contribution in [0.15, 0.2) is 4.99 Å². The van der Waals surface area contributed by atoms with Crippen LogP contribution in [-0.4, -0.2) is 102 Å². The van der Waals surface area contributed by atoms with Crippen LogP contribution in [0.5, 0.6) is 0 Å². The fourth-order valence-electron chi connectivity index (χ4n) is 2.91. The molecule has 0 radical (unpaired) electrons. The molecule has 1 rings (SSSR count). The molecule has 0 bridgehead atoms. The molecule has 1 atom stereocenters. The maximum absolute atomic E-state index is 5.48. The van der Waals surface area contributed by atoms with Gasteiger partial charge in [-0.25, -0.2) is 0 Å². The summed E-state index contributed by atoms with van der Waals surface area (Å²) in [6, 6.07) is 0.462. The minimum atomic E-state index is 0.462. The maximum atomic E-state index is 5.48. The number of hydrogen-bond donors (Lipinski definition) is 2. The molecule has 148 valence electrons. The number of nitrogens with zero attached hydrogens (tertiary/aromatic N) is 3. The molecular formula is C18H39N5O2. The first-order valence-corrected chi connectivity index (χ1v) is 9.59. The van der Waals surface area contributed by atoms with Gasteiger partial charge in [-0.15, -0.1) is 0 Å². The molecule has 7 heteroatoms. The lowest BCUT2D eigenvalue weighted by molar-refractivity contribution is 0.00867. The van der Waals surface area contributed by atoms with Crippen LogP contribution in [0.2, 0.25) is 0 Å². The fourth-order valence-corrected chi connectivity index (χ4v) is 2.91. The van der Waals surface area contributed by atoms with Gasteiger partial charge in [0.15, 0.2) is 5.96 Å². The van der Waals surface area contributed by atoms with E-state index in [1.807, 2.05) is 0 Å². The van der Waals surface area contributed by atoms with Gasteiger partial charge in [-0.3, -0.25) is 9.89 Å². The predicted molar refractivity (Wildman–Crippen MR) is 104 cm³/mol. The van der Waals surface area contributed by atoms with Gasteiger partial charge in [0.1, 0.15) is 0 Å². The molecule has 0 aromatic rings. The zero-order valence-electron chi connectivity index (χ0n) is 16.9. The highest BCUT2D eigenvalue weighted by Gasteiger charge is 2.23. The van der Waals surface area contributed by atoms with Crippen LogP contribution in [0.25, 0.3) is 0 Å². The van der Waals surface area contributed by atoms with Crippen molar-refractivity contribution in [1.82, 2.24) is 20.4 Å². The summed E-state index contributed by atoms with van der Waals surface area (Å²) in [6.07, 6.45) is 0. The van der Waals surface area contributed by atoms with E-state index in [4.69, 9.17) is 14.5 Å². The smallest absolute Gasteiger partial charge is 0.191 e. The average molecular weight is 358 g/mol. The second-order valence-corrected chi connectivity index (χ2v) is 6.90. The van der Waals surface area contributed by atoms with Gasteiger partial charge >= 0.3 is 0 Å². The first-order chi connectivity index (χ1) is 12.1. The number of nitrogens with one attached hydrogen (secondary N) is 2. The van der Waals surface area contributed by atoms with E-state index in [2.05, 4.69) is 48.3 Å². The molecule has 2 N–H and O–H groups in total. The summed E-state index contributed by atoms with van der Waals surface area (Å²) in [5, 5.41) is 6.79. The molecule has 1 saturated heterocycles. The number of rotatable bonds is 11. The summed E-state index contributed by atoms with van der Waals surface area (Å²) in [5.41, 5.74) is 0. The Morgan fingerprint density at radius 3 is 2.56 bits per heavy atom. The average Bonchev–Trinajstić information content (AvgIpc) is 2.60. The summed E-state index contributed by atoms with van der Waals surface area (Å²) >= 11 is 0. The number of guanidine groups is 1. The Hall–Kier alpha value is -0.890. The molecule has 1 unspecified atom stereocenters. The third kappa shape index (κ3) is 9.39. The van der Waals surface area contributed by atoms with E-state index in [0.717, 1.165) is 71.6 Å². The summed E-state index contributed by atoms with van der Waals surface area (Å²) in [4.78, 5) is 9.61. The monoisotopic (exact) mass is 357 g/mol. The number of aliphatic imine (C=N–C) groups is 1. The van der Waals surface area contributed by atoms with Crippen molar-refractivity contribution in [1.29, 1.82) is 0 Å². The topological polar surface area (TPSA) is 61.4 Å².